The van der Waals surface area contributed by atoms with Gasteiger partial charge in [0.1, 0.15) is 0 Å². The fourth-order valence-electron chi connectivity index (χ4n) is 2.39. The first-order valence-corrected chi connectivity index (χ1v) is 7.10. The maximum atomic E-state index is 12.2. The fourth-order valence-corrected chi connectivity index (χ4v) is 2.39. The molecule has 1 unspecified atom stereocenters. The molecule has 0 spiro atoms. The third-order valence-electron chi connectivity index (χ3n) is 3.43. The van der Waals surface area contributed by atoms with Crippen molar-refractivity contribution in [1.82, 2.24) is 0 Å². The number of carbonyl (C=O) groups is 1. The van der Waals surface area contributed by atoms with Gasteiger partial charge in [0.2, 0.25) is 5.91 Å². The molecule has 1 amide bonds. The summed E-state index contributed by atoms with van der Waals surface area (Å²) >= 11 is 0. The summed E-state index contributed by atoms with van der Waals surface area (Å²) in [6.07, 6.45) is 0.815. The molecule has 0 saturated carbocycles. The third-order valence-corrected chi connectivity index (χ3v) is 3.43. The van der Waals surface area contributed by atoms with Gasteiger partial charge >= 0.3 is 0 Å². The number of carbonyl (C=O) groups excluding carboxylic acids is 1. The number of fused-ring (bicyclic) bond motifs is 1. The quantitative estimate of drug-likeness (QED) is 0.875. The number of nitrogens with two attached hydrogens (primary N) is 1. The Bertz CT molecular complexity index is 592. The first-order chi connectivity index (χ1) is 9.60. The Balaban J connectivity index is 2.12. The fraction of sp³-hybridized carbons (Fsp3) is 0.353. The Hall–Kier alpha value is -1.87. The van der Waals surface area contributed by atoms with E-state index in [0.717, 1.165) is 17.5 Å². The van der Waals surface area contributed by atoms with Crippen molar-refractivity contribution in [2.75, 3.05) is 11.9 Å². The van der Waals surface area contributed by atoms with Gasteiger partial charge in [-0.15, -0.1) is 0 Å². The van der Waals surface area contributed by atoms with E-state index in [2.05, 4.69) is 25.2 Å². The summed E-state index contributed by atoms with van der Waals surface area (Å²) in [6.45, 7) is 4.59. The Kier molecular flexibility index (Phi) is 4.74. The monoisotopic (exact) mass is 270 g/mol. The Morgan fingerprint density at radius 2 is 1.85 bits per heavy atom. The zero-order chi connectivity index (χ0) is 14.5. The highest BCUT2D eigenvalue weighted by Gasteiger charge is 2.18. The lowest BCUT2D eigenvalue weighted by Crippen LogP contribution is -2.30. The van der Waals surface area contributed by atoms with Crippen molar-refractivity contribution in [2.45, 2.75) is 20.3 Å². The van der Waals surface area contributed by atoms with E-state index < -0.39 is 0 Å². The smallest absolute Gasteiger partial charge is 0.228 e. The third kappa shape index (κ3) is 3.58. The molecule has 2 rings (SSSR count). The minimum Gasteiger partial charge on any atom is -0.330 e. The van der Waals surface area contributed by atoms with Gasteiger partial charge in [0.25, 0.3) is 0 Å². The molecule has 0 aliphatic heterocycles. The van der Waals surface area contributed by atoms with E-state index in [0.29, 0.717) is 12.5 Å². The van der Waals surface area contributed by atoms with Crippen molar-refractivity contribution >= 4 is 22.4 Å². The highest BCUT2D eigenvalue weighted by atomic mass is 16.1. The lowest BCUT2D eigenvalue weighted by molar-refractivity contribution is -0.120. The van der Waals surface area contributed by atoms with Crippen LogP contribution in [0.3, 0.4) is 0 Å². The van der Waals surface area contributed by atoms with Crippen molar-refractivity contribution in [3.63, 3.8) is 0 Å². The van der Waals surface area contributed by atoms with Crippen molar-refractivity contribution < 1.29 is 4.79 Å². The van der Waals surface area contributed by atoms with Crippen LogP contribution in [0.15, 0.2) is 42.5 Å². The number of hydrogen-bond acceptors (Lipinski definition) is 2. The van der Waals surface area contributed by atoms with Crippen LogP contribution in [0.2, 0.25) is 0 Å². The maximum Gasteiger partial charge on any atom is 0.228 e. The van der Waals surface area contributed by atoms with E-state index in [9.17, 15) is 4.79 Å². The van der Waals surface area contributed by atoms with Gasteiger partial charge in [-0.05, 0) is 35.2 Å². The molecule has 3 N–H and O–H groups in total. The second-order valence-electron chi connectivity index (χ2n) is 5.61. The van der Waals surface area contributed by atoms with Gasteiger partial charge in [0.05, 0.1) is 5.92 Å². The lowest BCUT2D eigenvalue weighted by atomic mass is 9.96. The topological polar surface area (TPSA) is 55.1 Å². The molecule has 0 bridgehead atoms. The summed E-state index contributed by atoms with van der Waals surface area (Å²) in [6, 6.07) is 14.1. The number of benzene rings is 2. The summed E-state index contributed by atoms with van der Waals surface area (Å²) in [5, 5.41) is 5.26. The molecule has 1 atom stereocenters. The maximum absolute atomic E-state index is 12.2. The van der Waals surface area contributed by atoms with E-state index in [1.807, 2.05) is 36.4 Å². The molecule has 0 aliphatic carbocycles. The minimum absolute atomic E-state index is 0.0106. The van der Waals surface area contributed by atoms with E-state index in [-0.39, 0.29) is 11.8 Å². The predicted molar refractivity (Wildman–Crippen MR) is 84.6 cm³/mol. The molecule has 2 aromatic carbocycles. The van der Waals surface area contributed by atoms with Crippen molar-refractivity contribution in [3.8, 4) is 0 Å². The largest absolute Gasteiger partial charge is 0.330 e. The molecule has 0 radical (unpaired) electrons. The van der Waals surface area contributed by atoms with Gasteiger partial charge in [0, 0.05) is 12.2 Å². The lowest BCUT2D eigenvalue weighted by Gasteiger charge is -2.17. The van der Waals surface area contributed by atoms with Crippen LogP contribution < -0.4 is 11.1 Å². The number of anilines is 1. The van der Waals surface area contributed by atoms with Crippen LogP contribution in [0.4, 0.5) is 5.69 Å². The zero-order valence-corrected chi connectivity index (χ0v) is 12.1. The van der Waals surface area contributed by atoms with E-state index in [1.165, 1.54) is 5.39 Å². The van der Waals surface area contributed by atoms with Crippen molar-refractivity contribution in [1.29, 1.82) is 0 Å². The predicted octanol–water partition coefficient (Wildman–Crippen LogP) is 3.40. The van der Waals surface area contributed by atoms with Crippen molar-refractivity contribution in [2.24, 2.45) is 17.6 Å². The summed E-state index contributed by atoms with van der Waals surface area (Å²) in [5.74, 6) is 0.351. The van der Waals surface area contributed by atoms with Gasteiger partial charge < -0.3 is 11.1 Å². The number of hydrogen-bond donors (Lipinski definition) is 2. The molecule has 0 aliphatic rings. The second-order valence-corrected chi connectivity index (χ2v) is 5.61. The molecule has 0 aromatic heterocycles. The first-order valence-electron chi connectivity index (χ1n) is 7.10. The summed E-state index contributed by atoms with van der Waals surface area (Å²) in [7, 11) is 0. The highest BCUT2D eigenvalue weighted by molar-refractivity contribution is 5.95. The number of amides is 1. The van der Waals surface area contributed by atoms with Gasteiger partial charge in [-0.3, -0.25) is 4.79 Å². The first kappa shape index (κ1) is 14.5. The van der Waals surface area contributed by atoms with Crippen molar-refractivity contribution in [3.05, 3.63) is 42.5 Å². The molecular weight excluding hydrogens is 248 g/mol. The Labute approximate surface area is 120 Å². The van der Waals surface area contributed by atoms with Gasteiger partial charge in [-0.1, -0.05) is 44.2 Å². The van der Waals surface area contributed by atoms with Crippen LogP contribution in [-0.2, 0) is 4.79 Å². The van der Waals surface area contributed by atoms with Crippen LogP contribution in [0.1, 0.15) is 20.3 Å². The van der Waals surface area contributed by atoms with Gasteiger partial charge in [-0.25, -0.2) is 0 Å². The molecule has 106 valence electrons. The molecular formula is C17H22N2O. The highest BCUT2D eigenvalue weighted by Crippen LogP contribution is 2.20. The van der Waals surface area contributed by atoms with Crippen LogP contribution in [0.25, 0.3) is 10.8 Å². The van der Waals surface area contributed by atoms with Gasteiger partial charge in [0.15, 0.2) is 0 Å². The average molecular weight is 270 g/mol. The number of rotatable bonds is 5. The Morgan fingerprint density at radius 3 is 2.50 bits per heavy atom. The Morgan fingerprint density at radius 1 is 1.15 bits per heavy atom. The summed E-state index contributed by atoms with van der Waals surface area (Å²) in [4.78, 5) is 12.2. The minimum atomic E-state index is -0.124. The van der Waals surface area contributed by atoms with Crippen LogP contribution in [-0.4, -0.2) is 12.5 Å². The summed E-state index contributed by atoms with van der Waals surface area (Å²) in [5.41, 5.74) is 6.53. The standard InChI is InChI=1S/C17H22N2O/c1-12(2)9-15(11-18)17(20)19-16-8-7-13-5-3-4-6-14(13)10-16/h3-8,10,12,15H,9,11,18H2,1-2H3,(H,19,20). The van der Waals surface area contributed by atoms with Crippen LogP contribution in [0.5, 0.6) is 0 Å². The summed E-state index contributed by atoms with van der Waals surface area (Å²) < 4.78 is 0. The van der Waals surface area contributed by atoms with E-state index in [1.54, 1.807) is 0 Å². The normalized spacial score (nSPS) is 12.6. The molecule has 0 saturated heterocycles. The van der Waals surface area contributed by atoms with E-state index >= 15 is 0 Å². The molecule has 3 heteroatoms. The van der Waals surface area contributed by atoms with Crippen LogP contribution in [0, 0.1) is 11.8 Å². The SMILES string of the molecule is CC(C)CC(CN)C(=O)Nc1ccc2ccccc2c1. The average Bonchev–Trinajstić information content (AvgIpc) is 2.44. The van der Waals surface area contributed by atoms with E-state index in [4.69, 9.17) is 5.73 Å². The number of nitrogens with one attached hydrogen (secondary N) is 1. The molecule has 3 nitrogen and oxygen atoms in total. The van der Waals surface area contributed by atoms with Crippen LogP contribution >= 0.6 is 0 Å². The van der Waals surface area contributed by atoms with Gasteiger partial charge in [-0.2, -0.15) is 0 Å². The molecule has 0 heterocycles. The second kappa shape index (κ2) is 6.53. The molecule has 20 heavy (non-hydrogen) atoms. The molecule has 2 aromatic rings. The molecule has 0 fully saturated rings. The zero-order valence-electron chi connectivity index (χ0n) is 12.1.